The monoisotopic (exact) mass is 255 g/mol. The lowest BCUT2D eigenvalue weighted by Gasteiger charge is -2.30. The smallest absolute Gasteiger partial charge is 0.254 e. The first-order valence-electron chi connectivity index (χ1n) is 6.33. The number of benzene rings is 1. The van der Waals surface area contributed by atoms with Crippen LogP contribution in [0.5, 0.6) is 5.75 Å². The van der Waals surface area contributed by atoms with E-state index in [-0.39, 0.29) is 6.42 Å². The number of ether oxygens (including phenoxy) is 1. The van der Waals surface area contributed by atoms with Crippen molar-refractivity contribution < 1.29 is 13.5 Å². The van der Waals surface area contributed by atoms with Gasteiger partial charge in [0.15, 0.2) is 0 Å². The third-order valence-electron chi connectivity index (χ3n) is 3.54. The van der Waals surface area contributed by atoms with Crippen LogP contribution in [0.4, 0.5) is 8.78 Å². The second-order valence-electron chi connectivity index (χ2n) is 4.81. The van der Waals surface area contributed by atoms with Gasteiger partial charge in [0, 0.05) is 12.3 Å². The van der Waals surface area contributed by atoms with Crippen molar-refractivity contribution in [2.45, 2.75) is 25.2 Å². The fraction of sp³-hybridized carbons (Fsp3) is 0.571. The summed E-state index contributed by atoms with van der Waals surface area (Å²) in [6.45, 7) is 1.39. The van der Waals surface area contributed by atoms with Crippen LogP contribution in [-0.4, -0.2) is 26.1 Å². The number of alkyl halides is 2. The van der Waals surface area contributed by atoms with Gasteiger partial charge in [-0.1, -0.05) is 12.1 Å². The van der Waals surface area contributed by atoms with Gasteiger partial charge in [0.1, 0.15) is 5.75 Å². The quantitative estimate of drug-likeness (QED) is 0.893. The normalized spacial score (nSPS) is 17.7. The molecule has 1 fully saturated rings. The number of methoxy groups -OCH3 is 1. The lowest BCUT2D eigenvalue weighted by molar-refractivity contribution is -0.0675. The summed E-state index contributed by atoms with van der Waals surface area (Å²) in [6, 6.07) is 6.89. The first-order valence-corrected chi connectivity index (χ1v) is 6.33. The van der Waals surface area contributed by atoms with Crippen molar-refractivity contribution in [2.24, 2.45) is 5.92 Å². The highest BCUT2D eigenvalue weighted by molar-refractivity contribution is 5.27. The summed E-state index contributed by atoms with van der Waals surface area (Å²) < 4.78 is 33.3. The van der Waals surface area contributed by atoms with Crippen molar-refractivity contribution in [2.75, 3.05) is 20.2 Å². The maximum atomic E-state index is 14.1. The van der Waals surface area contributed by atoms with E-state index in [9.17, 15) is 8.78 Å². The van der Waals surface area contributed by atoms with Crippen LogP contribution in [0.2, 0.25) is 0 Å². The predicted molar refractivity (Wildman–Crippen MR) is 67.2 cm³/mol. The van der Waals surface area contributed by atoms with Gasteiger partial charge in [-0.2, -0.15) is 0 Å². The maximum Gasteiger partial charge on any atom is 0.254 e. The molecule has 1 aliphatic heterocycles. The van der Waals surface area contributed by atoms with Crippen LogP contribution in [0, 0.1) is 5.92 Å². The molecule has 1 aliphatic rings. The lowest BCUT2D eigenvalue weighted by atomic mass is 9.87. The molecule has 1 aromatic carbocycles. The summed E-state index contributed by atoms with van der Waals surface area (Å²) in [6.07, 6.45) is 0.938. The zero-order valence-electron chi connectivity index (χ0n) is 10.6. The fourth-order valence-corrected chi connectivity index (χ4v) is 2.40. The predicted octanol–water partition coefficient (Wildman–Crippen LogP) is 2.87. The summed E-state index contributed by atoms with van der Waals surface area (Å²) in [7, 11) is 1.57. The third kappa shape index (κ3) is 3.19. The lowest BCUT2D eigenvalue weighted by Crippen LogP contribution is -2.39. The van der Waals surface area contributed by atoms with Crippen LogP contribution in [0.15, 0.2) is 24.3 Å². The van der Waals surface area contributed by atoms with Crippen LogP contribution in [-0.2, 0) is 6.42 Å². The molecule has 0 aliphatic carbocycles. The molecule has 0 amide bonds. The minimum atomic E-state index is -2.61. The molecule has 1 aromatic rings. The topological polar surface area (TPSA) is 21.3 Å². The number of halogens is 2. The van der Waals surface area contributed by atoms with E-state index in [0.717, 1.165) is 0 Å². The Balaban J connectivity index is 2.01. The molecular weight excluding hydrogens is 236 g/mol. The molecule has 0 bridgehead atoms. The zero-order valence-corrected chi connectivity index (χ0v) is 10.6. The zero-order chi connectivity index (χ0) is 13.0. The first-order chi connectivity index (χ1) is 8.62. The molecule has 4 heteroatoms. The number of hydrogen-bond acceptors (Lipinski definition) is 2. The highest BCUT2D eigenvalue weighted by Gasteiger charge is 2.39. The van der Waals surface area contributed by atoms with E-state index in [0.29, 0.717) is 37.2 Å². The third-order valence-corrected chi connectivity index (χ3v) is 3.54. The van der Waals surface area contributed by atoms with E-state index < -0.39 is 11.8 Å². The average molecular weight is 255 g/mol. The Kier molecular flexibility index (Phi) is 4.17. The molecule has 100 valence electrons. The van der Waals surface area contributed by atoms with Crippen LogP contribution in [0.3, 0.4) is 0 Å². The SMILES string of the molecule is COc1ccc(CC(F)(F)C2CCNCC2)cc1. The molecule has 0 unspecified atom stereocenters. The van der Waals surface area contributed by atoms with Gasteiger partial charge in [0.05, 0.1) is 7.11 Å². The second kappa shape index (κ2) is 5.65. The van der Waals surface area contributed by atoms with Crippen LogP contribution in [0.1, 0.15) is 18.4 Å². The maximum absolute atomic E-state index is 14.1. The summed E-state index contributed by atoms with van der Waals surface area (Å²) in [5, 5.41) is 3.12. The van der Waals surface area contributed by atoms with Crippen molar-refractivity contribution in [1.29, 1.82) is 0 Å². The van der Waals surface area contributed by atoms with Gasteiger partial charge in [-0.05, 0) is 43.6 Å². The average Bonchev–Trinajstić information content (AvgIpc) is 2.40. The first kappa shape index (κ1) is 13.3. The van der Waals surface area contributed by atoms with Gasteiger partial charge in [-0.3, -0.25) is 0 Å². The fourth-order valence-electron chi connectivity index (χ4n) is 2.40. The number of hydrogen-bond donors (Lipinski definition) is 1. The van der Waals surface area contributed by atoms with E-state index in [1.54, 1.807) is 31.4 Å². The Labute approximate surface area is 106 Å². The molecule has 1 heterocycles. The minimum Gasteiger partial charge on any atom is -0.497 e. The van der Waals surface area contributed by atoms with Crippen LogP contribution >= 0.6 is 0 Å². The van der Waals surface area contributed by atoms with E-state index in [2.05, 4.69) is 5.32 Å². The Morgan fingerprint density at radius 3 is 2.39 bits per heavy atom. The van der Waals surface area contributed by atoms with Crippen LogP contribution in [0.25, 0.3) is 0 Å². The molecule has 0 aromatic heterocycles. The second-order valence-corrected chi connectivity index (χ2v) is 4.81. The highest BCUT2D eigenvalue weighted by Crippen LogP contribution is 2.34. The van der Waals surface area contributed by atoms with Gasteiger partial charge in [-0.25, -0.2) is 8.78 Å². The molecule has 2 nitrogen and oxygen atoms in total. The molecule has 0 spiro atoms. The van der Waals surface area contributed by atoms with Crippen LogP contribution < -0.4 is 10.1 Å². The summed E-state index contributed by atoms with van der Waals surface area (Å²) in [5.74, 6) is -2.42. The van der Waals surface area contributed by atoms with E-state index in [1.165, 1.54) is 0 Å². The van der Waals surface area contributed by atoms with Crippen molar-refractivity contribution in [1.82, 2.24) is 5.32 Å². The molecule has 1 saturated heterocycles. The Hall–Kier alpha value is -1.16. The Bertz CT molecular complexity index is 372. The largest absolute Gasteiger partial charge is 0.497 e. The van der Waals surface area contributed by atoms with E-state index in [4.69, 9.17) is 4.74 Å². The van der Waals surface area contributed by atoms with Crippen molar-refractivity contribution in [3.8, 4) is 5.75 Å². The number of rotatable bonds is 4. The molecule has 0 saturated carbocycles. The minimum absolute atomic E-state index is 0.179. The van der Waals surface area contributed by atoms with E-state index in [1.807, 2.05) is 0 Å². The van der Waals surface area contributed by atoms with Crippen molar-refractivity contribution in [3.05, 3.63) is 29.8 Å². The summed E-state index contributed by atoms with van der Waals surface area (Å²) in [5.41, 5.74) is 0.666. The number of piperidine rings is 1. The van der Waals surface area contributed by atoms with Gasteiger partial charge in [0.2, 0.25) is 0 Å². The molecule has 0 radical (unpaired) electrons. The number of nitrogens with one attached hydrogen (secondary N) is 1. The molecular formula is C14H19F2NO. The highest BCUT2D eigenvalue weighted by atomic mass is 19.3. The molecule has 0 atom stereocenters. The standard InChI is InChI=1S/C14H19F2NO/c1-18-13-4-2-11(3-5-13)10-14(15,16)12-6-8-17-9-7-12/h2-5,12,17H,6-10H2,1H3. The van der Waals surface area contributed by atoms with Gasteiger partial charge in [-0.15, -0.1) is 0 Å². The Morgan fingerprint density at radius 1 is 1.22 bits per heavy atom. The van der Waals surface area contributed by atoms with E-state index >= 15 is 0 Å². The molecule has 18 heavy (non-hydrogen) atoms. The molecule has 2 rings (SSSR count). The summed E-state index contributed by atoms with van der Waals surface area (Å²) in [4.78, 5) is 0. The van der Waals surface area contributed by atoms with Crippen molar-refractivity contribution in [3.63, 3.8) is 0 Å². The van der Waals surface area contributed by atoms with Gasteiger partial charge >= 0.3 is 0 Å². The Morgan fingerprint density at radius 2 is 1.83 bits per heavy atom. The van der Waals surface area contributed by atoms with Crippen molar-refractivity contribution >= 4 is 0 Å². The summed E-state index contributed by atoms with van der Waals surface area (Å²) >= 11 is 0. The molecule has 1 N–H and O–H groups in total. The van der Waals surface area contributed by atoms with Gasteiger partial charge in [0.25, 0.3) is 5.92 Å². The van der Waals surface area contributed by atoms with Gasteiger partial charge < -0.3 is 10.1 Å².